The van der Waals surface area contributed by atoms with Gasteiger partial charge < -0.3 is 10.6 Å². The number of hydrogen-bond acceptors (Lipinski definition) is 2. The van der Waals surface area contributed by atoms with Crippen LogP contribution < -0.4 is 10.6 Å². The Morgan fingerprint density at radius 1 is 1.42 bits per heavy atom. The third kappa shape index (κ3) is 3.64. The molecule has 0 saturated carbocycles. The monoisotopic (exact) mass is 280 g/mol. The number of halogens is 1. The molecule has 0 aromatic heterocycles. The molecule has 1 heterocycles. The Balaban J connectivity index is 2.27. The fraction of sp³-hybridized carbons (Fsp3) is 0.625. The lowest BCUT2D eigenvalue weighted by Crippen LogP contribution is -2.41. The zero-order chi connectivity index (χ0) is 14.0. The molecule has 0 spiro atoms. The van der Waals surface area contributed by atoms with Crippen molar-refractivity contribution >= 4 is 17.3 Å². The second-order valence-corrected chi connectivity index (χ2v) is 6.56. The molecule has 1 aliphatic rings. The third-order valence-corrected chi connectivity index (χ3v) is 4.27. The Labute approximate surface area is 121 Å². The maximum absolute atomic E-state index is 6.14. The Morgan fingerprint density at radius 2 is 2.16 bits per heavy atom. The van der Waals surface area contributed by atoms with E-state index in [0.29, 0.717) is 6.04 Å². The molecule has 2 nitrogen and oxygen atoms in total. The zero-order valence-corrected chi connectivity index (χ0v) is 13.0. The van der Waals surface area contributed by atoms with E-state index in [4.69, 9.17) is 17.3 Å². The van der Waals surface area contributed by atoms with Crippen LogP contribution in [-0.4, -0.2) is 18.6 Å². The summed E-state index contributed by atoms with van der Waals surface area (Å²) in [6.07, 6.45) is 3.42. The van der Waals surface area contributed by atoms with Crippen molar-refractivity contribution < 1.29 is 0 Å². The number of hydrogen-bond donors (Lipinski definition) is 1. The van der Waals surface area contributed by atoms with Crippen molar-refractivity contribution in [2.75, 3.05) is 11.4 Å². The minimum absolute atomic E-state index is 0.163. The van der Waals surface area contributed by atoms with Crippen LogP contribution >= 0.6 is 11.6 Å². The molecule has 3 heteroatoms. The smallest absolute Gasteiger partial charge is 0.0410 e. The van der Waals surface area contributed by atoms with E-state index < -0.39 is 0 Å². The molecule has 2 rings (SSSR count). The van der Waals surface area contributed by atoms with Crippen LogP contribution in [0, 0.1) is 5.92 Å². The van der Waals surface area contributed by atoms with Crippen LogP contribution in [0.25, 0.3) is 0 Å². The minimum atomic E-state index is 0.163. The van der Waals surface area contributed by atoms with Crippen molar-refractivity contribution in [1.82, 2.24) is 0 Å². The van der Waals surface area contributed by atoms with Gasteiger partial charge in [-0.1, -0.05) is 18.5 Å². The van der Waals surface area contributed by atoms with Gasteiger partial charge in [-0.05, 0) is 62.8 Å². The fourth-order valence-electron chi connectivity index (χ4n) is 3.11. The highest BCUT2D eigenvalue weighted by atomic mass is 35.5. The molecule has 1 aromatic rings. The fourth-order valence-corrected chi connectivity index (χ4v) is 3.30. The largest absolute Gasteiger partial charge is 0.369 e. The van der Waals surface area contributed by atoms with E-state index in [9.17, 15) is 0 Å². The average Bonchev–Trinajstić information content (AvgIpc) is 2.30. The molecule has 0 bridgehead atoms. The van der Waals surface area contributed by atoms with Gasteiger partial charge in [0, 0.05) is 29.3 Å². The molecular weight excluding hydrogens is 256 g/mol. The molecule has 19 heavy (non-hydrogen) atoms. The summed E-state index contributed by atoms with van der Waals surface area (Å²) in [6, 6.07) is 6.98. The van der Waals surface area contributed by atoms with Crippen LogP contribution in [0.3, 0.4) is 0 Å². The van der Waals surface area contributed by atoms with Crippen LogP contribution in [0.4, 0.5) is 5.69 Å². The molecule has 1 aromatic carbocycles. The first-order valence-corrected chi connectivity index (χ1v) is 7.65. The molecule has 2 N–H and O–H groups in total. The quantitative estimate of drug-likeness (QED) is 0.911. The van der Waals surface area contributed by atoms with Gasteiger partial charge in [0.2, 0.25) is 0 Å². The number of piperidine rings is 1. The van der Waals surface area contributed by atoms with Gasteiger partial charge in [-0.3, -0.25) is 0 Å². The van der Waals surface area contributed by atoms with Gasteiger partial charge in [0.25, 0.3) is 0 Å². The van der Waals surface area contributed by atoms with Gasteiger partial charge >= 0.3 is 0 Å². The number of benzene rings is 1. The zero-order valence-electron chi connectivity index (χ0n) is 12.2. The lowest BCUT2D eigenvalue weighted by Gasteiger charge is -2.39. The molecule has 1 saturated heterocycles. The van der Waals surface area contributed by atoms with E-state index in [1.165, 1.54) is 24.1 Å². The Bertz CT molecular complexity index is 431. The van der Waals surface area contributed by atoms with Crippen molar-refractivity contribution in [3.8, 4) is 0 Å². The lowest BCUT2D eigenvalue weighted by molar-refractivity contribution is 0.377. The van der Waals surface area contributed by atoms with E-state index >= 15 is 0 Å². The lowest BCUT2D eigenvalue weighted by atomic mass is 9.92. The summed E-state index contributed by atoms with van der Waals surface area (Å²) in [6.45, 7) is 7.85. The molecular formula is C16H25ClN2. The normalized spacial score (nSPS) is 25.4. The van der Waals surface area contributed by atoms with Crippen LogP contribution in [-0.2, 0) is 6.42 Å². The van der Waals surface area contributed by atoms with E-state index in [0.717, 1.165) is 23.9 Å². The van der Waals surface area contributed by atoms with E-state index in [-0.39, 0.29) is 6.04 Å². The highest BCUT2D eigenvalue weighted by molar-refractivity contribution is 6.30. The van der Waals surface area contributed by atoms with Crippen molar-refractivity contribution in [1.29, 1.82) is 0 Å². The molecule has 1 aliphatic heterocycles. The topological polar surface area (TPSA) is 29.3 Å². The van der Waals surface area contributed by atoms with E-state index in [1.54, 1.807) is 0 Å². The number of nitrogens with zero attached hydrogens (tertiary/aromatic N) is 1. The number of nitrogens with two attached hydrogens (primary N) is 1. The van der Waals surface area contributed by atoms with Gasteiger partial charge in [0.05, 0.1) is 0 Å². The molecule has 1 fully saturated rings. The molecule has 0 radical (unpaired) electrons. The second-order valence-electron chi connectivity index (χ2n) is 6.13. The summed E-state index contributed by atoms with van der Waals surface area (Å²) in [5.74, 6) is 0.829. The number of rotatable bonds is 3. The van der Waals surface area contributed by atoms with Gasteiger partial charge in [0.15, 0.2) is 0 Å². The van der Waals surface area contributed by atoms with Crippen LogP contribution in [0.2, 0.25) is 5.02 Å². The summed E-state index contributed by atoms with van der Waals surface area (Å²) in [7, 11) is 0. The average molecular weight is 281 g/mol. The van der Waals surface area contributed by atoms with Crippen LogP contribution in [0.15, 0.2) is 18.2 Å². The minimum Gasteiger partial charge on any atom is -0.369 e. The van der Waals surface area contributed by atoms with Crippen molar-refractivity contribution in [2.45, 2.75) is 52.1 Å². The van der Waals surface area contributed by atoms with Crippen molar-refractivity contribution in [3.05, 3.63) is 28.8 Å². The van der Waals surface area contributed by atoms with Crippen LogP contribution in [0.1, 0.15) is 39.2 Å². The summed E-state index contributed by atoms with van der Waals surface area (Å²) >= 11 is 6.14. The van der Waals surface area contributed by atoms with E-state index in [1.807, 2.05) is 13.0 Å². The number of anilines is 1. The predicted molar refractivity (Wildman–Crippen MR) is 84.0 cm³/mol. The highest BCUT2D eigenvalue weighted by Crippen LogP contribution is 2.32. The van der Waals surface area contributed by atoms with Gasteiger partial charge in [-0.2, -0.15) is 0 Å². The molecule has 106 valence electrons. The van der Waals surface area contributed by atoms with E-state index in [2.05, 4.69) is 30.9 Å². The Kier molecular flexibility index (Phi) is 4.75. The first-order valence-electron chi connectivity index (χ1n) is 7.28. The van der Waals surface area contributed by atoms with Gasteiger partial charge in [-0.25, -0.2) is 0 Å². The van der Waals surface area contributed by atoms with Crippen LogP contribution in [0.5, 0.6) is 0 Å². The van der Waals surface area contributed by atoms with Gasteiger partial charge in [-0.15, -0.1) is 0 Å². The summed E-state index contributed by atoms with van der Waals surface area (Å²) in [4.78, 5) is 2.52. The molecule has 0 amide bonds. The molecule has 3 unspecified atom stereocenters. The maximum Gasteiger partial charge on any atom is 0.0410 e. The first-order chi connectivity index (χ1) is 8.97. The van der Waals surface area contributed by atoms with Gasteiger partial charge in [0.1, 0.15) is 0 Å². The molecule has 0 aliphatic carbocycles. The summed E-state index contributed by atoms with van der Waals surface area (Å²) in [5.41, 5.74) is 8.57. The third-order valence-electron chi connectivity index (χ3n) is 4.03. The standard InChI is InChI=1S/C16H25ClN2/c1-11-6-7-19(13(3)8-11)16-5-4-15(17)10-14(16)9-12(2)18/h4-5,10-13H,6-9,18H2,1-3H3. The Morgan fingerprint density at radius 3 is 2.79 bits per heavy atom. The second kappa shape index (κ2) is 6.15. The first kappa shape index (κ1) is 14.7. The SMILES string of the molecule is CC(N)Cc1cc(Cl)ccc1N1CCC(C)CC1C. The molecule has 3 atom stereocenters. The predicted octanol–water partition coefficient (Wildman–Crippen LogP) is 3.85. The van der Waals surface area contributed by atoms with Crippen molar-refractivity contribution in [2.24, 2.45) is 11.7 Å². The summed E-state index contributed by atoms with van der Waals surface area (Å²) in [5, 5.41) is 0.803. The van der Waals surface area contributed by atoms with Crippen molar-refractivity contribution in [3.63, 3.8) is 0 Å². The maximum atomic E-state index is 6.14. The summed E-state index contributed by atoms with van der Waals surface area (Å²) < 4.78 is 0. The Hall–Kier alpha value is -0.730. The highest BCUT2D eigenvalue weighted by Gasteiger charge is 2.24.